The zero-order valence-corrected chi connectivity index (χ0v) is 20.4. The molecule has 1 fully saturated rings. The van der Waals surface area contributed by atoms with E-state index in [1.165, 1.54) is 35.6 Å². The van der Waals surface area contributed by atoms with E-state index in [9.17, 15) is 13.2 Å². The Morgan fingerprint density at radius 2 is 1.70 bits per heavy atom. The maximum absolute atomic E-state index is 13.0. The minimum absolute atomic E-state index is 0.205. The third kappa shape index (κ3) is 5.26. The van der Waals surface area contributed by atoms with Gasteiger partial charge in [-0.15, -0.1) is 11.3 Å². The van der Waals surface area contributed by atoms with E-state index in [2.05, 4.69) is 24.1 Å². The normalized spacial score (nSPS) is 19.2. The number of thiazole rings is 1. The summed E-state index contributed by atoms with van der Waals surface area (Å²) in [6.07, 6.45) is 1.03. The Bertz CT molecular complexity index is 1210. The number of piperidine rings is 1. The average Bonchev–Trinajstić information content (AvgIpc) is 3.27. The highest BCUT2D eigenvalue weighted by Gasteiger charge is 2.31. The molecule has 1 saturated heterocycles. The van der Waals surface area contributed by atoms with Gasteiger partial charge in [0.15, 0.2) is 5.13 Å². The number of hydrogen-bond acceptors (Lipinski definition) is 6. The number of benzene rings is 2. The number of carbonyl (C=O) groups excluding carboxylic acids is 1. The van der Waals surface area contributed by atoms with E-state index in [-0.39, 0.29) is 10.8 Å². The van der Waals surface area contributed by atoms with Crippen molar-refractivity contribution in [2.45, 2.75) is 25.2 Å². The lowest BCUT2D eigenvalue weighted by Gasteiger charge is -2.34. The van der Waals surface area contributed by atoms with Gasteiger partial charge >= 0.3 is 0 Å². The predicted molar refractivity (Wildman–Crippen MR) is 130 cm³/mol. The van der Waals surface area contributed by atoms with Crippen molar-refractivity contribution in [3.63, 3.8) is 0 Å². The third-order valence-electron chi connectivity index (χ3n) is 5.70. The fourth-order valence-electron chi connectivity index (χ4n) is 4.12. The van der Waals surface area contributed by atoms with Crippen molar-refractivity contribution in [1.82, 2.24) is 9.29 Å². The van der Waals surface area contributed by atoms with Crippen LogP contribution in [0.15, 0.2) is 58.8 Å². The molecule has 0 aliphatic carbocycles. The molecule has 33 heavy (non-hydrogen) atoms. The van der Waals surface area contributed by atoms with Crippen molar-refractivity contribution in [1.29, 1.82) is 0 Å². The summed E-state index contributed by atoms with van der Waals surface area (Å²) in [5.74, 6) is 1.08. The molecule has 1 amide bonds. The standard InChI is InChI=1S/C24H27N3O4S2/c1-16-12-17(2)14-27(13-16)33(29,30)21-10-6-19(7-11-21)23(28)26-24-25-22(15-32-24)18-4-8-20(31-3)9-5-18/h4-11,15-17H,12-14H2,1-3H3,(H,25,26,28)/t16-,17+. The molecule has 2 atom stereocenters. The first kappa shape index (κ1) is 23.4. The maximum Gasteiger partial charge on any atom is 0.257 e. The second kappa shape index (κ2) is 9.62. The maximum atomic E-state index is 13.0. The average molecular weight is 486 g/mol. The summed E-state index contributed by atoms with van der Waals surface area (Å²) in [5, 5.41) is 5.13. The van der Waals surface area contributed by atoms with Gasteiger partial charge in [-0.3, -0.25) is 10.1 Å². The molecular formula is C24H27N3O4S2. The minimum Gasteiger partial charge on any atom is -0.497 e. The monoisotopic (exact) mass is 485 g/mol. The van der Waals surface area contributed by atoms with E-state index < -0.39 is 10.0 Å². The smallest absolute Gasteiger partial charge is 0.257 e. The Morgan fingerprint density at radius 3 is 2.30 bits per heavy atom. The summed E-state index contributed by atoms with van der Waals surface area (Å²) in [6.45, 7) is 5.19. The Balaban J connectivity index is 1.44. The van der Waals surface area contributed by atoms with Crippen LogP contribution in [-0.2, 0) is 10.0 Å². The lowest BCUT2D eigenvalue weighted by molar-refractivity contribution is 0.102. The molecule has 7 nitrogen and oxygen atoms in total. The number of rotatable bonds is 6. The number of nitrogens with zero attached hydrogens (tertiary/aromatic N) is 2. The van der Waals surface area contributed by atoms with Crippen LogP contribution in [0, 0.1) is 11.8 Å². The molecule has 0 spiro atoms. The first-order valence-electron chi connectivity index (χ1n) is 10.8. The van der Waals surface area contributed by atoms with Crippen LogP contribution in [0.3, 0.4) is 0 Å². The van der Waals surface area contributed by atoms with E-state index in [1.807, 2.05) is 29.6 Å². The van der Waals surface area contributed by atoms with E-state index in [4.69, 9.17) is 4.74 Å². The quantitative estimate of drug-likeness (QED) is 0.545. The molecule has 1 aliphatic rings. The number of sulfonamides is 1. The molecule has 0 saturated carbocycles. The summed E-state index contributed by atoms with van der Waals surface area (Å²) in [5.41, 5.74) is 2.04. The Hall–Kier alpha value is -2.75. The highest BCUT2D eigenvalue weighted by molar-refractivity contribution is 7.89. The van der Waals surface area contributed by atoms with Crippen molar-refractivity contribution in [3.05, 3.63) is 59.5 Å². The molecule has 1 aromatic heterocycles. The van der Waals surface area contributed by atoms with E-state index in [0.29, 0.717) is 35.6 Å². The fraction of sp³-hybridized carbons (Fsp3) is 0.333. The van der Waals surface area contributed by atoms with Crippen LogP contribution in [0.1, 0.15) is 30.6 Å². The number of nitrogens with one attached hydrogen (secondary N) is 1. The highest BCUT2D eigenvalue weighted by atomic mass is 32.2. The summed E-state index contributed by atoms with van der Waals surface area (Å²) in [7, 11) is -1.97. The molecule has 9 heteroatoms. The molecule has 0 bridgehead atoms. The molecule has 3 aromatic rings. The number of anilines is 1. The lowest BCUT2D eigenvalue weighted by Crippen LogP contribution is -2.42. The van der Waals surface area contributed by atoms with Crippen LogP contribution < -0.4 is 10.1 Å². The molecule has 1 aliphatic heterocycles. The SMILES string of the molecule is COc1ccc(-c2csc(NC(=O)c3ccc(S(=O)(=O)N4C[C@H](C)C[C@H](C)C4)cc3)n2)cc1. The van der Waals surface area contributed by atoms with Gasteiger partial charge < -0.3 is 4.74 Å². The van der Waals surface area contributed by atoms with Gasteiger partial charge in [0.2, 0.25) is 10.0 Å². The van der Waals surface area contributed by atoms with Crippen LogP contribution in [0.2, 0.25) is 0 Å². The second-order valence-electron chi connectivity index (χ2n) is 8.51. The van der Waals surface area contributed by atoms with Crippen molar-refractivity contribution in [2.24, 2.45) is 11.8 Å². The van der Waals surface area contributed by atoms with Crippen LogP contribution in [0.4, 0.5) is 5.13 Å². The number of ether oxygens (including phenoxy) is 1. The molecule has 4 rings (SSSR count). The van der Waals surface area contributed by atoms with E-state index in [0.717, 1.165) is 23.4 Å². The first-order valence-corrected chi connectivity index (χ1v) is 13.1. The van der Waals surface area contributed by atoms with Gasteiger partial charge in [0.1, 0.15) is 5.75 Å². The molecule has 174 valence electrons. The Morgan fingerprint density at radius 1 is 1.06 bits per heavy atom. The molecule has 1 N–H and O–H groups in total. The van der Waals surface area contributed by atoms with Gasteiger partial charge in [0, 0.05) is 29.6 Å². The van der Waals surface area contributed by atoms with Gasteiger partial charge in [-0.2, -0.15) is 4.31 Å². The Kier molecular flexibility index (Phi) is 6.83. The number of carbonyl (C=O) groups is 1. The molecule has 0 unspecified atom stereocenters. The van der Waals surface area contributed by atoms with Gasteiger partial charge in [-0.25, -0.2) is 13.4 Å². The van der Waals surface area contributed by atoms with E-state index >= 15 is 0 Å². The van der Waals surface area contributed by atoms with E-state index in [1.54, 1.807) is 11.4 Å². The summed E-state index contributed by atoms with van der Waals surface area (Å²) >= 11 is 1.33. The van der Waals surface area contributed by atoms with Crippen LogP contribution in [0.25, 0.3) is 11.3 Å². The summed E-state index contributed by atoms with van der Waals surface area (Å²) < 4.78 is 32.8. The fourth-order valence-corrected chi connectivity index (χ4v) is 6.52. The van der Waals surface area contributed by atoms with Gasteiger partial charge in [0.05, 0.1) is 17.7 Å². The first-order chi connectivity index (χ1) is 15.8. The van der Waals surface area contributed by atoms with Crippen LogP contribution in [-0.4, -0.2) is 43.8 Å². The minimum atomic E-state index is -3.58. The largest absolute Gasteiger partial charge is 0.497 e. The number of amides is 1. The zero-order valence-electron chi connectivity index (χ0n) is 18.8. The van der Waals surface area contributed by atoms with Gasteiger partial charge in [0.25, 0.3) is 5.91 Å². The highest BCUT2D eigenvalue weighted by Crippen LogP contribution is 2.28. The lowest BCUT2D eigenvalue weighted by atomic mass is 9.94. The topological polar surface area (TPSA) is 88.6 Å². The molecule has 2 heterocycles. The Labute approximate surface area is 198 Å². The number of methoxy groups -OCH3 is 1. The third-order valence-corrected chi connectivity index (χ3v) is 8.30. The number of aromatic nitrogens is 1. The second-order valence-corrected chi connectivity index (χ2v) is 11.3. The predicted octanol–water partition coefficient (Wildman–Crippen LogP) is 4.74. The molecule has 2 aromatic carbocycles. The molecule has 0 radical (unpaired) electrons. The summed E-state index contributed by atoms with van der Waals surface area (Å²) in [4.78, 5) is 17.4. The van der Waals surface area contributed by atoms with Crippen LogP contribution in [0.5, 0.6) is 5.75 Å². The van der Waals surface area contributed by atoms with Crippen molar-refractivity contribution >= 4 is 32.4 Å². The van der Waals surface area contributed by atoms with Crippen molar-refractivity contribution < 1.29 is 17.9 Å². The number of hydrogen-bond donors (Lipinski definition) is 1. The van der Waals surface area contributed by atoms with Gasteiger partial charge in [-0.05, 0) is 66.8 Å². The van der Waals surface area contributed by atoms with Crippen LogP contribution >= 0.6 is 11.3 Å². The van der Waals surface area contributed by atoms with Crippen molar-refractivity contribution in [2.75, 3.05) is 25.5 Å². The van der Waals surface area contributed by atoms with Gasteiger partial charge in [-0.1, -0.05) is 13.8 Å². The molecular weight excluding hydrogens is 458 g/mol. The van der Waals surface area contributed by atoms with Crippen molar-refractivity contribution in [3.8, 4) is 17.0 Å². The summed E-state index contributed by atoms with van der Waals surface area (Å²) in [6, 6.07) is 13.6. The zero-order chi connectivity index (χ0) is 23.6.